The smallest absolute Gasteiger partial charge is 0.212 e. The Bertz CT molecular complexity index is 749. The molecular weight excluding hydrogens is 340 g/mol. The van der Waals surface area contributed by atoms with Crippen molar-refractivity contribution in [3.8, 4) is 5.69 Å². The molecule has 0 amide bonds. The molecule has 0 radical (unpaired) electrons. The second-order valence-corrected chi connectivity index (χ2v) is 5.18. The largest absolute Gasteiger partial charge is 0.322 e. The number of halogens is 3. The maximum atomic E-state index is 13.9. The molecule has 1 heterocycles. The highest BCUT2D eigenvalue weighted by atomic mass is 79.9. The van der Waals surface area contributed by atoms with Gasteiger partial charge in [-0.3, -0.25) is 4.57 Å². The molecule has 0 bridgehead atoms. The number of benzene rings is 2. The van der Waals surface area contributed by atoms with Crippen LogP contribution in [0.5, 0.6) is 0 Å². The highest BCUT2D eigenvalue weighted by Gasteiger charge is 2.13. The second-order valence-electron chi connectivity index (χ2n) is 4.33. The molecular formula is C15H10BrF2N3. The Labute approximate surface area is 128 Å². The molecule has 1 N–H and O–H groups in total. The van der Waals surface area contributed by atoms with E-state index in [2.05, 4.69) is 26.2 Å². The van der Waals surface area contributed by atoms with Gasteiger partial charge < -0.3 is 5.32 Å². The summed E-state index contributed by atoms with van der Waals surface area (Å²) < 4.78 is 29.0. The number of nitrogens with zero attached hydrogens (tertiary/aromatic N) is 2. The van der Waals surface area contributed by atoms with Crippen molar-refractivity contribution in [1.82, 2.24) is 9.55 Å². The first-order chi connectivity index (χ1) is 10.1. The third kappa shape index (κ3) is 2.80. The Morgan fingerprint density at radius 1 is 1.10 bits per heavy atom. The minimum absolute atomic E-state index is 0.139. The van der Waals surface area contributed by atoms with Crippen molar-refractivity contribution in [2.75, 3.05) is 5.32 Å². The highest BCUT2D eigenvalue weighted by Crippen LogP contribution is 2.30. The fourth-order valence-corrected chi connectivity index (χ4v) is 2.47. The van der Waals surface area contributed by atoms with Crippen LogP contribution in [0, 0.1) is 11.6 Å². The SMILES string of the molecule is Fc1cc(F)c(Nc2nccn2-c2ccccc2)c(Br)c1. The van der Waals surface area contributed by atoms with Crippen molar-refractivity contribution in [2.24, 2.45) is 0 Å². The van der Waals surface area contributed by atoms with Crippen LogP contribution in [0.4, 0.5) is 20.4 Å². The molecule has 3 rings (SSSR count). The molecule has 0 fully saturated rings. The second kappa shape index (κ2) is 5.65. The van der Waals surface area contributed by atoms with Crippen LogP contribution in [0.15, 0.2) is 59.3 Å². The predicted molar refractivity (Wildman–Crippen MR) is 80.9 cm³/mol. The first-order valence-corrected chi connectivity index (χ1v) is 6.95. The third-order valence-electron chi connectivity index (χ3n) is 2.92. The lowest BCUT2D eigenvalue weighted by molar-refractivity contribution is 0.584. The molecule has 1 aromatic heterocycles. The monoisotopic (exact) mass is 349 g/mol. The highest BCUT2D eigenvalue weighted by molar-refractivity contribution is 9.10. The number of para-hydroxylation sites is 1. The van der Waals surface area contributed by atoms with E-state index in [1.54, 1.807) is 17.0 Å². The quantitative estimate of drug-likeness (QED) is 0.745. The first-order valence-electron chi connectivity index (χ1n) is 6.15. The molecule has 0 unspecified atom stereocenters. The van der Waals surface area contributed by atoms with E-state index in [0.717, 1.165) is 11.8 Å². The van der Waals surface area contributed by atoms with E-state index in [9.17, 15) is 8.78 Å². The van der Waals surface area contributed by atoms with Gasteiger partial charge in [-0.25, -0.2) is 13.8 Å². The van der Waals surface area contributed by atoms with Gasteiger partial charge in [0, 0.05) is 28.6 Å². The fraction of sp³-hybridized carbons (Fsp3) is 0. The van der Waals surface area contributed by atoms with Crippen molar-refractivity contribution in [2.45, 2.75) is 0 Å². The van der Waals surface area contributed by atoms with Crippen LogP contribution in [-0.2, 0) is 0 Å². The average Bonchev–Trinajstić information content (AvgIpc) is 2.92. The number of anilines is 2. The van der Waals surface area contributed by atoms with E-state index in [1.807, 2.05) is 30.3 Å². The number of nitrogens with one attached hydrogen (secondary N) is 1. The molecule has 0 saturated heterocycles. The van der Waals surface area contributed by atoms with Crippen molar-refractivity contribution >= 4 is 27.6 Å². The van der Waals surface area contributed by atoms with E-state index in [1.165, 1.54) is 6.07 Å². The molecule has 0 aliphatic rings. The van der Waals surface area contributed by atoms with E-state index >= 15 is 0 Å². The zero-order valence-corrected chi connectivity index (χ0v) is 12.3. The minimum Gasteiger partial charge on any atom is -0.322 e. The summed E-state index contributed by atoms with van der Waals surface area (Å²) in [6.45, 7) is 0. The maximum absolute atomic E-state index is 13.9. The van der Waals surface area contributed by atoms with Gasteiger partial charge in [-0.1, -0.05) is 18.2 Å². The molecule has 0 spiro atoms. The number of imidazole rings is 1. The summed E-state index contributed by atoms with van der Waals surface area (Å²) in [7, 11) is 0. The van der Waals surface area contributed by atoms with E-state index in [0.29, 0.717) is 10.4 Å². The molecule has 0 atom stereocenters. The summed E-state index contributed by atoms with van der Waals surface area (Å²) in [5.74, 6) is -0.895. The summed E-state index contributed by atoms with van der Waals surface area (Å²) in [6.07, 6.45) is 3.36. The lowest BCUT2D eigenvalue weighted by Gasteiger charge is -2.12. The van der Waals surface area contributed by atoms with Gasteiger partial charge in [-0.2, -0.15) is 0 Å². The molecule has 0 saturated carbocycles. The summed E-state index contributed by atoms with van der Waals surface area (Å²) in [4.78, 5) is 4.16. The van der Waals surface area contributed by atoms with Crippen LogP contribution in [-0.4, -0.2) is 9.55 Å². The van der Waals surface area contributed by atoms with Gasteiger partial charge in [0.05, 0.1) is 5.69 Å². The van der Waals surface area contributed by atoms with Gasteiger partial charge in [0.1, 0.15) is 5.82 Å². The van der Waals surface area contributed by atoms with Gasteiger partial charge in [0.2, 0.25) is 5.95 Å². The lowest BCUT2D eigenvalue weighted by atomic mass is 10.3. The Balaban J connectivity index is 1.99. The topological polar surface area (TPSA) is 29.9 Å². The standard InChI is InChI=1S/C15H10BrF2N3/c16-12-8-10(17)9-13(18)14(12)20-15-19-6-7-21(15)11-4-2-1-3-5-11/h1-9H,(H,19,20). The van der Waals surface area contributed by atoms with Gasteiger partial charge in [0.15, 0.2) is 5.82 Å². The number of rotatable bonds is 3. The van der Waals surface area contributed by atoms with Crippen molar-refractivity contribution in [3.63, 3.8) is 0 Å². The Kier molecular flexibility index (Phi) is 3.70. The summed E-state index contributed by atoms with van der Waals surface area (Å²) in [5, 5.41) is 2.88. The number of hydrogen-bond acceptors (Lipinski definition) is 2. The maximum Gasteiger partial charge on any atom is 0.212 e. The Morgan fingerprint density at radius 3 is 2.57 bits per heavy atom. The molecule has 21 heavy (non-hydrogen) atoms. The molecule has 3 nitrogen and oxygen atoms in total. The van der Waals surface area contributed by atoms with Crippen LogP contribution in [0.2, 0.25) is 0 Å². The van der Waals surface area contributed by atoms with Crippen LogP contribution in [0.25, 0.3) is 5.69 Å². The van der Waals surface area contributed by atoms with Crippen LogP contribution in [0.3, 0.4) is 0 Å². The van der Waals surface area contributed by atoms with Crippen LogP contribution < -0.4 is 5.32 Å². The van der Waals surface area contributed by atoms with E-state index < -0.39 is 11.6 Å². The van der Waals surface area contributed by atoms with Crippen LogP contribution in [0.1, 0.15) is 0 Å². The Morgan fingerprint density at radius 2 is 1.86 bits per heavy atom. The molecule has 3 aromatic rings. The first kappa shape index (κ1) is 13.8. The summed E-state index contributed by atoms with van der Waals surface area (Å²) >= 11 is 3.14. The number of hydrogen-bond donors (Lipinski definition) is 1. The van der Waals surface area contributed by atoms with Gasteiger partial charge in [-0.15, -0.1) is 0 Å². The van der Waals surface area contributed by atoms with Gasteiger partial charge >= 0.3 is 0 Å². The molecule has 0 aliphatic carbocycles. The van der Waals surface area contributed by atoms with Crippen molar-refractivity contribution in [3.05, 3.63) is 71.0 Å². The molecule has 2 aromatic carbocycles. The fourth-order valence-electron chi connectivity index (χ4n) is 1.97. The molecule has 6 heteroatoms. The summed E-state index contributed by atoms with van der Waals surface area (Å²) in [6, 6.07) is 11.5. The third-order valence-corrected chi connectivity index (χ3v) is 3.54. The Hall–Kier alpha value is -2.21. The van der Waals surface area contributed by atoms with Gasteiger partial charge in [-0.05, 0) is 34.1 Å². The average molecular weight is 350 g/mol. The zero-order valence-electron chi connectivity index (χ0n) is 10.7. The van der Waals surface area contributed by atoms with Crippen molar-refractivity contribution < 1.29 is 8.78 Å². The van der Waals surface area contributed by atoms with Gasteiger partial charge in [0.25, 0.3) is 0 Å². The van der Waals surface area contributed by atoms with E-state index in [-0.39, 0.29) is 5.69 Å². The lowest BCUT2D eigenvalue weighted by Crippen LogP contribution is -2.03. The minimum atomic E-state index is -0.690. The zero-order chi connectivity index (χ0) is 14.8. The normalized spacial score (nSPS) is 10.6. The van der Waals surface area contributed by atoms with Crippen LogP contribution >= 0.6 is 15.9 Å². The predicted octanol–water partition coefficient (Wildman–Crippen LogP) is 4.66. The molecule has 0 aliphatic heterocycles. The summed E-state index contributed by atoms with van der Waals surface area (Å²) in [5.41, 5.74) is 1.02. The molecule has 106 valence electrons. The van der Waals surface area contributed by atoms with E-state index in [4.69, 9.17) is 0 Å². The number of aromatic nitrogens is 2. The van der Waals surface area contributed by atoms with Crippen molar-refractivity contribution in [1.29, 1.82) is 0 Å².